The lowest BCUT2D eigenvalue weighted by Gasteiger charge is -2.12. The van der Waals surface area contributed by atoms with E-state index in [1.54, 1.807) is 18.2 Å². The monoisotopic (exact) mass is 360 g/mol. The number of sulfonamides is 1. The molecule has 0 saturated carbocycles. The fourth-order valence-corrected chi connectivity index (χ4v) is 3.78. The van der Waals surface area contributed by atoms with Gasteiger partial charge in [-0.1, -0.05) is 54.4 Å². The van der Waals surface area contributed by atoms with Crippen LogP contribution in [0.3, 0.4) is 0 Å². The molecule has 0 radical (unpaired) electrons. The van der Waals surface area contributed by atoms with Crippen LogP contribution < -0.4 is 10.5 Å². The number of rotatable bonds is 8. The van der Waals surface area contributed by atoms with Gasteiger partial charge in [0, 0.05) is 12.0 Å². The predicted molar refractivity (Wildman–Crippen MR) is 99.5 cm³/mol. The fourth-order valence-electron chi connectivity index (χ4n) is 2.54. The Hall–Kier alpha value is -2.18. The average Bonchev–Trinajstić information content (AvgIpc) is 2.59. The van der Waals surface area contributed by atoms with Crippen molar-refractivity contribution in [1.29, 1.82) is 0 Å². The number of hydrogen-bond donors (Lipinski definition) is 2. The second-order valence-corrected chi connectivity index (χ2v) is 7.64. The van der Waals surface area contributed by atoms with E-state index in [1.807, 2.05) is 31.2 Å². The van der Waals surface area contributed by atoms with Gasteiger partial charge in [0.25, 0.3) is 10.0 Å². The van der Waals surface area contributed by atoms with Gasteiger partial charge < -0.3 is 5.73 Å². The third kappa shape index (κ3) is 5.41. The summed E-state index contributed by atoms with van der Waals surface area (Å²) in [7, 11) is -3.92. The Morgan fingerprint density at radius 3 is 2.36 bits per heavy atom. The van der Waals surface area contributed by atoms with Crippen LogP contribution >= 0.6 is 0 Å². The van der Waals surface area contributed by atoms with Crippen LogP contribution in [-0.2, 0) is 14.8 Å². The van der Waals surface area contributed by atoms with Crippen LogP contribution in [0.5, 0.6) is 0 Å². The van der Waals surface area contributed by atoms with Crippen LogP contribution in [0.25, 0.3) is 11.1 Å². The molecule has 0 aromatic heterocycles. The standard InChI is InChI=1S/C19H24N2O3S/c1-15-10-12-16(13-11-15)17-7-4-5-8-18(17)25(23,24)21-19(22)9-3-2-6-14-20/h4-5,7-8,10-13H,2-3,6,9,14,20H2,1H3,(H,21,22). The molecule has 0 atom stereocenters. The Morgan fingerprint density at radius 2 is 1.68 bits per heavy atom. The molecular weight excluding hydrogens is 336 g/mol. The maximum absolute atomic E-state index is 12.6. The fraction of sp³-hybridized carbons (Fsp3) is 0.316. The van der Waals surface area contributed by atoms with E-state index >= 15 is 0 Å². The van der Waals surface area contributed by atoms with Gasteiger partial charge >= 0.3 is 0 Å². The predicted octanol–water partition coefficient (Wildman–Crippen LogP) is 2.99. The minimum absolute atomic E-state index is 0.106. The Balaban J connectivity index is 2.19. The van der Waals surface area contributed by atoms with Crippen LogP contribution in [0.2, 0.25) is 0 Å². The molecule has 0 aliphatic heterocycles. The van der Waals surface area contributed by atoms with Gasteiger partial charge in [-0.05, 0) is 37.9 Å². The highest BCUT2D eigenvalue weighted by atomic mass is 32.2. The Morgan fingerprint density at radius 1 is 1.00 bits per heavy atom. The normalized spacial score (nSPS) is 11.3. The van der Waals surface area contributed by atoms with E-state index in [-0.39, 0.29) is 11.3 Å². The molecule has 0 unspecified atom stereocenters. The molecule has 1 amide bonds. The van der Waals surface area contributed by atoms with Gasteiger partial charge in [-0.25, -0.2) is 13.1 Å². The molecule has 2 aromatic rings. The summed E-state index contributed by atoms with van der Waals surface area (Å²) in [6.45, 7) is 2.54. The Labute approximate surface area is 149 Å². The molecule has 0 aliphatic carbocycles. The van der Waals surface area contributed by atoms with E-state index in [1.165, 1.54) is 6.07 Å². The zero-order valence-electron chi connectivity index (χ0n) is 14.4. The van der Waals surface area contributed by atoms with Crippen molar-refractivity contribution in [3.63, 3.8) is 0 Å². The summed E-state index contributed by atoms with van der Waals surface area (Å²) in [5.41, 5.74) is 7.87. The number of amides is 1. The van der Waals surface area contributed by atoms with Crippen molar-refractivity contribution in [3.8, 4) is 11.1 Å². The Bertz CT molecular complexity index is 815. The van der Waals surface area contributed by atoms with Gasteiger partial charge in [-0.2, -0.15) is 0 Å². The second kappa shape index (κ2) is 8.78. The highest BCUT2D eigenvalue weighted by molar-refractivity contribution is 7.90. The van der Waals surface area contributed by atoms with Crippen molar-refractivity contribution < 1.29 is 13.2 Å². The molecule has 25 heavy (non-hydrogen) atoms. The molecule has 0 heterocycles. The number of aryl methyl sites for hydroxylation is 1. The molecule has 2 rings (SSSR count). The number of benzene rings is 2. The lowest BCUT2D eigenvalue weighted by molar-refractivity contribution is -0.119. The molecule has 0 saturated heterocycles. The van der Waals surface area contributed by atoms with E-state index in [9.17, 15) is 13.2 Å². The van der Waals surface area contributed by atoms with E-state index in [4.69, 9.17) is 5.73 Å². The Kier molecular flexibility index (Phi) is 6.73. The van der Waals surface area contributed by atoms with Crippen molar-refractivity contribution in [2.75, 3.05) is 6.54 Å². The number of nitrogens with two attached hydrogens (primary N) is 1. The first-order chi connectivity index (χ1) is 11.9. The summed E-state index contributed by atoms with van der Waals surface area (Å²) in [5.74, 6) is -0.490. The summed E-state index contributed by atoms with van der Waals surface area (Å²) in [6, 6.07) is 14.3. The van der Waals surface area contributed by atoms with Crippen molar-refractivity contribution in [2.45, 2.75) is 37.5 Å². The van der Waals surface area contributed by atoms with Gasteiger partial charge in [0.1, 0.15) is 0 Å². The summed E-state index contributed by atoms with van der Waals surface area (Å²) < 4.78 is 27.5. The highest BCUT2D eigenvalue weighted by Crippen LogP contribution is 2.27. The molecular formula is C19H24N2O3S. The molecule has 3 N–H and O–H groups in total. The molecule has 0 spiro atoms. The zero-order valence-corrected chi connectivity index (χ0v) is 15.2. The van der Waals surface area contributed by atoms with Gasteiger partial charge in [0.15, 0.2) is 0 Å². The van der Waals surface area contributed by atoms with Gasteiger partial charge in [0.2, 0.25) is 5.91 Å². The first kappa shape index (κ1) is 19.1. The molecule has 134 valence electrons. The molecule has 0 fully saturated rings. The SMILES string of the molecule is Cc1ccc(-c2ccccc2S(=O)(=O)NC(=O)CCCCCN)cc1. The number of carbonyl (C=O) groups excluding carboxylic acids is 1. The van der Waals surface area contributed by atoms with Crippen molar-refractivity contribution in [3.05, 3.63) is 54.1 Å². The van der Waals surface area contributed by atoms with Gasteiger partial charge in [-0.3, -0.25) is 4.79 Å². The van der Waals surface area contributed by atoms with Gasteiger partial charge in [0.05, 0.1) is 4.90 Å². The first-order valence-electron chi connectivity index (χ1n) is 8.36. The lowest BCUT2D eigenvalue weighted by Crippen LogP contribution is -2.30. The van der Waals surface area contributed by atoms with Crippen LogP contribution in [0, 0.1) is 6.92 Å². The number of hydrogen-bond acceptors (Lipinski definition) is 4. The average molecular weight is 360 g/mol. The van der Waals surface area contributed by atoms with E-state index in [2.05, 4.69) is 4.72 Å². The minimum Gasteiger partial charge on any atom is -0.330 e. The van der Waals surface area contributed by atoms with Crippen molar-refractivity contribution in [1.82, 2.24) is 4.72 Å². The highest BCUT2D eigenvalue weighted by Gasteiger charge is 2.21. The van der Waals surface area contributed by atoms with Crippen LogP contribution in [0.4, 0.5) is 0 Å². The van der Waals surface area contributed by atoms with E-state index < -0.39 is 15.9 Å². The maximum atomic E-state index is 12.6. The summed E-state index contributed by atoms with van der Waals surface area (Å²) in [4.78, 5) is 12.1. The quantitative estimate of drug-likeness (QED) is 0.708. The van der Waals surface area contributed by atoms with Crippen LogP contribution in [0.1, 0.15) is 31.2 Å². The summed E-state index contributed by atoms with van der Waals surface area (Å²) in [6.07, 6.45) is 2.43. The molecule has 2 aromatic carbocycles. The van der Waals surface area contributed by atoms with E-state index in [0.29, 0.717) is 18.5 Å². The van der Waals surface area contributed by atoms with Crippen LogP contribution in [-0.4, -0.2) is 20.9 Å². The number of carbonyl (C=O) groups is 1. The molecule has 6 heteroatoms. The van der Waals surface area contributed by atoms with Gasteiger partial charge in [-0.15, -0.1) is 0 Å². The topological polar surface area (TPSA) is 89.3 Å². The largest absolute Gasteiger partial charge is 0.330 e. The first-order valence-corrected chi connectivity index (χ1v) is 9.84. The van der Waals surface area contributed by atoms with Crippen molar-refractivity contribution in [2.24, 2.45) is 5.73 Å². The number of unbranched alkanes of at least 4 members (excludes halogenated alkanes) is 2. The van der Waals surface area contributed by atoms with Crippen LogP contribution in [0.15, 0.2) is 53.4 Å². The third-order valence-electron chi connectivity index (χ3n) is 3.90. The zero-order chi connectivity index (χ0) is 18.3. The molecule has 0 bridgehead atoms. The second-order valence-electron chi connectivity index (χ2n) is 5.99. The molecule has 5 nitrogen and oxygen atoms in total. The molecule has 0 aliphatic rings. The number of nitrogens with one attached hydrogen (secondary N) is 1. The third-order valence-corrected chi connectivity index (χ3v) is 5.33. The van der Waals surface area contributed by atoms with E-state index in [0.717, 1.165) is 24.0 Å². The van der Waals surface area contributed by atoms with Crippen molar-refractivity contribution >= 4 is 15.9 Å². The smallest absolute Gasteiger partial charge is 0.264 e. The maximum Gasteiger partial charge on any atom is 0.264 e. The minimum atomic E-state index is -3.92. The lowest BCUT2D eigenvalue weighted by atomic mass is 10.0. The summed E-state index contributed by atoms with van der Waals surface area (Å²) >= 11 is 0. The summed E-state index contributed by atoms with van der Waals surface area (Å²) in [5, 5.41) is 0.